The second-order valence-corrected chi connectivity index (χ2v) is 8.90. The number of carbonyl (C=O) groups is 1. The number of carbonyl (C=O) groups excluding carboxylic acids is 1. The summed E-state index contributed by atoms with van der Waals surface area (Å²) in [6, 6.07) is 13.0. The van der Waals surface area contributed by atoms with Crippen LogP contribution in [-0.4, -0.2) is 57.0 Å². The quantitative estimate of drug-likeness (QED) is 0.501. The summed E-state index contributed by atoms with van der Waals surface area (Å²) < 4.78 is 0. The molecule has 1 unspecified atom stereocenters. The molecule has 1 atom stereocenters. The molecule has 1 aromatic carbocycles. The number of anilines is 1. The number of guanidine groups is 1. The fourth-order valence-electron chi connectivity index (χ4n) is 3.45. The molecule has 2 heterocycles. The van der Waals surface area contributed by atoms with E-state index >= 15 is 0 Å². The molecule has 1 aromatic heterocycles. The van der Waals surface area contributed by atoms with Crippen LogP contribution in [-0.2, 0) is 11.2 Å². The van der Waals surface area contributed by atoms with Gasteiger partial charge in [0, 0.05) is 44.3 Å². The molecule has 162 valence electrons. The van der Waals surface area contributed by atoms with Crippen LogP contribution in [0.5, 0.6) is 0 Å². The van der Waals surface area contributed by atoms with Crippen LogP contribution in [0.3, 0.4) is 0 Å². The highest BCUT2D eigenvalue weighted by Crippen LogP contribution is 2.24. The third-order valence-corrected chi connectivity index (χ3v) is 6.25. The molecule has 1 aliphatic rings. The van der Waals surface area contributed by atoms with E-state index in [0.717, 1.165) is 26.1 Å². The standard InChI is InChI=1S/C23H33N5OS/c1-18(19-8-6-9-20(16-19)28-13-4-5-14-28)26-23(25-17-22(29)27(2)3)24-12-11-21-10-7-15-30-21/h6-10,15-16,18H,4-5,11-14,17H2,1-3H3,(H2,24,25,26). The van der Waals surface area contributed by atoms with Crippen molar-refractivity contribution in [3.05, 3.63) is 52.2 Å². The van der Waals surface area contributed by atoms with Crippen LogP contribution >= 0.6 is 11.3 Å². The molecular formula is C23H33N5OS. The highest BCUT2D eigenvalue weighted by atomic mass is 32.1. The summed E-state index contributed by atoms with van der Waals surface area (Å²) in [5.74, 6) is 0.652. The van der Waals surface area contributed by atoms with Crippen molar-refractivity contribution in [1.29, 1.82) is 0 Å². The average molecular weight is 428 g/mol. The molecule has 0 saturated carbocycles. The minimum atomic E-state index is -0.0157. The van der Waals surface area contributed by atoms with Crippen molar-refractivity contribution in [2.24, 2.45) is 4.99 Å². The van der Waals surface area contributed by atoms with Gasteiger partial charge in [0.25, 0.3) is 0 Å². The summed E-state index contributed by atoms with van der Waals surface area (Å²) in [4.78, 5) is 21.9. The monoisotopic (exact) mass is 427 g/mol. The van der Waals surface area contributed by atoms with Crippen molar-refractivity contribution >= 4 is 28.9 Å². The van der Waals surface area contributed by atoms with E-state index in [0.29, 0.717) is 5.96 Å². The van der Waals surface area contributed by atoms with Crippen LogP contribution in [0.15, 0.2) is 46.8 Å². The van der Waals surface area contributed by atoms with Crippen LogP contribution in [0.25, 0.3) is 0 Å². The summed E-state index contributed by atoms with van der Waals surface area (Å²) in [5.41, 5.74) is 2.50. The lowest BCUT2D eigenvalue weighted by atomic mass is 10.1. The average Bonchev–Trinajstić information content (AvgIpc) is 3.45. The van der Waals surface area contributed by atoms with Crippen LogP contribution in [0.4, 0.5) is 5.69 Å². The van der Waals surface area contributed by atoms with Gasteiger partial charge in [0.05, 0.1) is 6.04 Å². The molecule has 7 heteroatoms. The van der Waals surface area contributed by atoms with E-state index in [-0.39, 0.29) is 18.5 Å². The van der Waals surface area contributed by atoms with E-state index < -0.39 is 0 Å². The topological polar surface area (TPSA) is 60.0 Å². The van der Waals surface area contributed by atoms with Gasteiger partial charge in [0.1, 0.15) is 6.54 Å². The zero-order valence-corrected chi connectivity index (χ0v) is 19.0. The highest BCUT2D eigenvalue weighted by molar-refractivity contribution is 7.09. The summed E-state index contributed by atoms with van der Waals surface area (Å²) in [6.07, 6.45) is 3.46. The molecule has 1 fully saturated rings. The Morgan fingerprint density at radius 2 is 2.03 bits per heavy atom. The summed E-state index contributed by atoms with van der Waals surface area (Å²) >= 11 is 1.76. The second kappa shape index (κ2) is 11.0. The number of amides is 1. The van der Waals surface area contributed by atoms with E-state index in [4.69, 9.17) is 0 Å². The Bertz CT molecular complexity index is 828. The number of rotatable bonds is 8. The molecule has 30 heavy (non-hydrogen) atoms. The zero-order chi connectivity index (χ0) is 21.3. The Labute approximate surface area is 184 Å². The number of likely N-dealkylation sites (N-methyl/N-ethyl adjacent to an activating group) is 1. The zero-order valence-electron chi connectivity index (χ0n) is 18.2. The minimum Gasteiger partial charge on any atom is -0.372 e. The molecule has 1 amide bonds. The normalized spacial score (nSPS) is 15.2. The van der Waals surface area contributed by atoms with Crippen LogP contribution in [0.1, 0.15) is 36.2 Å². The van der Waals surface area contributed by atoms with Crippen molar-refractivity contribution in [2.45, 2.75) is 32.2 Å². The number of aliphatic imine (C=N–C) groups is 1. The van der Waals surface area contributed by atoms with Crippen LogP contribution < -0.4 is 15.5 Å². The molecule has 2 N–H and O–H groups in total. The van der Waals surface area contributed by atoms with Gasteiger partial charge < -0.3 is 20.4 Å². The predicted octanol–water partition coefficient (Wildman–Crippen LogP) is 3.28. The first-order valence-electron chi connectivity index (χ1n) is 10.6. The SMILES string of the molecule is CC(NC(=NCC(=O)N(C)C)NCCc1cccs1)c1cccc(N2CCCC2)c1. The second-order valence-electron chi connectivity index (χ2n) is 7.86. The maximum atomic E-state index is 12.0. The van der Waals surface area contributed by atoms with Gasteiger partial charge in [-0.2, -0.15) is 0 Å². The van der Waals surface area contributed by atoms with Gasteiger partial charge in [-0.15, -0.1) is 11.3 Å². The molecule has 1 aliphatic heterocycles. The number of hydrogen-bond acceptors (Lipinski definition) is 4. The fourth-order valence-corrected chi connectivity index (χ4v) is 4.16. The van der Waals surface area contributed by atoms with Crippen LogP contribution in [0.2, 0.25) is 0 Å². The maximum absolute atomic E-state index is 12.0. The van der Waals surface area contributed by atoms with Gasteiger partial charge in [-0.05, 0) is 55.3 Å². The Balaban J connectivity index is 1.65. The van der Waals surface area contributed by atoms with Crippen molar-refractivity contribution < 1.29 is 4.79 Å². The van der Waals surface area contributed by atoms with Gasteiger partial charge >= 0.3 is 0 Å². The van der Waals surface area contributed by atoms with Crippen molar-refractivity contribution in [2.75, 3.05) is 45.2 Å². The lowest BCUT2D eigenvalue weighted by Crippen LogP contribution is -2.40. The molecule has 3 rings (SSSR count). The summed E-state index contributed by atoms with van der Waals surface area (Å²) in [5, 5.41) is 8.96. The number of hydrogen-bond donors (Lipinski definition) is 2. The molecule has 1 saturated heterocycles. The number of benzene rings is 1. The van der Waals surface area contributed by atoms with Gasteiger partial charge in [-0.25, -0.2) is 4.99 Å². The molecule has 2 aromatic rings. The van der Waals surface area contributed by atoms with E-state index in [1.165, 1.54) is 29.0 Å². The third-order valence-electron chi connectivity index (χ3n) is 5.31. The Kier molecular flexibility index (Phi) is 8.13. The maximum Gasteiger partial charge on any atom is 0.243 e. The molecule has 6 nitrogen and oxygen atoms in total. The Hall–Kier alpha value is -2.54. The fraction of sp³-hybridized carbons (Fsp3) is 0.478. The van der Waals surface area contributed by atoms with E-state index in [2.05, 4.69) is 69.2 Å². The first kappa shape index (κ1) is 22.2. The van der Waals surface area contributed by atoms with Crippen molar-refractivity contribution in [3.8, 4) is 0 Å². The lowest BCUT2D eigenvalue weighted by Gasteiger charge is -2.22. The highest BCUT2D eigenvalue weighted by Gasteiger charge is 2.15. The Morgan fingerprint density at radius 3 is 2.73 bits per heavy atom. The number of nitrogens with zero attached hydrogens (tertiary/aromatic N) is 3. The van der Waals surface area contributed by atoms with Gasteiger partial charge in [0.15, 0.2) is 5.96 Å². The number of nitrogens with one attached hydrogen (secondary N) is 2. The minimum absolute atomic E-state index is 0.0157. The largest absolute Gasteiger partial charge is 0.372 e. The van der Waals surface area contributed by atoms with E-state index in [1.54, 1.807) is 30.3 Å². The van der Waals surface area contributed by atoms with Crippen molar-refractivity contribution in [1.82, 2.24) is 15.5 Å². The molecule has 0 aliphatic carbocycles. The van der Waals surface area contributed by atoms with Gasteiger partial charge in [-0.3, -0.25) is 4.79 Å². The van der Waals surface area contributed by atoms with Crippen molar-refractivity contribution in [3.63, 3.8) is 0 Å². The van der Waals surface area contributed by atoms with E-state index in [9.17, 15) is 4.79 Å². The predicted molar refractivity (Wildman–Crippen MR) is 126 cm³/mol. The first-order valence-corrected chi connectivity index (χ1v) is 11.5. The van der Waals surface area contributed by atoms with E-state index in [1.807, 2.05) is 0 Å². The van der Waals surface area contributed by atoms with Gasteiger partial charge in [0.2, 0.25) is 5.91 Å². The number of thiophene rings is 1. The third kappa shape index (κ3) is 6.49. The summed E-state index contributed by atoms with van der Waals surface area (Å²) in [6.45, 7) is 5.29. The molecule has 0 spiro atoms. The first-order chi connectivity index (χ1) is 14.5. The lowest BCUT2D eigenvalue weighted by molar-refractivity contribution is -0.127. The molecular weight excluding hydrogens is 394 g/mol. The summed E-state index contributed by atoms with van der Waals surface area (Å²) in [7, 11) is 3.50. The molecule has 0 bridgehead atoms. The van der Waals surface area contributed by atoms with Gasteiger partial charge in [-0.1, -0.05) is 18.2 Å². The Morgan fingerprint density at radius 1 is 1.23 bits per heavy atom. The smallest absolute Gasteiger partial charge is 0.243 e. The van der Waals surface area contributed by atoms with Crippen LogP contribution in [0, 0.1) is 0 Å². The molecule has 0 radical (unpaired) electrons.